The van der Waals surface area contributed by atoms with E-state index in [2.05, 4.69) is 27.4 Å². The summed E-state index contributed by atoms with van der Waals surface area (Å²) in [7, 11) is -1.42. The summed E-state index contributed by atoms with van der Waals surface area (Å²) in [5, 5.41) is -0.474. The molecule has 0 spiro atoms. The molecule has 0 aliphatic heterocycles. The van der Waals surface area contributed by atoms with Crippen LogP contribution in [0.2, 0.25) is 0 Å². The Hall–Kier alpha value is -0.630. The first-order valence-corrected chi connectivity index (χ1v) is 18.9. The van der Waals surface area contributed by atoms with Gasteiger partial charge < -0.3 is 14.2 Å². The molecule has 42 heavy (non-hydrogen) atoms. The van der Waals surface area contributed by atoms with Crippen molar-refractivity contribution in [2.75, 3.05) is 19.6 Å². The maximum atomic E-state index is 13.4. The molecule has 6 atom stereocenters. The second-order valence-corrected chi connectivity index (χ2v) is 17.4. The smallest absolute Gasteiger partial charge is 0.330 e. The van der Waals surface area contributed by atoms with Crippen LogP contribution in [-0.2, 0) is 28.8 Å². The molecule has 0 saturated heterocycles. The van der Waals surface area contributed by atoms with Crippen LogP contribution in [0.4, 0.5) is 0 Å². The lowest BCUT2D eigenvalue weighted by molar-refractivity contribution is -0.146. The fourth-order valence-corrected chi connectivity index (χ4v) is 11.6. The molecule has 4 aliphatic carbocycles. The zero-order chi connectivity index (χ0) is 30.5. The predicted octanol–water partition coefficient (Wildman–Crippen LogP) is 7.52. The summed E-state index contributed by atoms with van der Waals surface area (Å²) in [6.07, 6.45) is 14.3. The molecule has 0 radical (unpaired) electrons. The highest BCUT2D eigenvalue weighted by molar-refractivity contribution is 7.92. The van der Waals surface area contributed by atoms with Gasteiger partial charge >= 0.3 is 5.97 Å². The quantitative estimate of drug-likeness (QED) is 0.134. The molecule has 0 aromatic heterocycles. The molecule has 4 aliphatic rings. The zero-order valence-electron chi connectivity index (χ0n) is 26.6. The van der Waals surface area contributed by atoms with E-state index in [9.17, 15) is 13.2 Å². The third-order valence-electron chi connectivity index (χ3n) is 12.1. The first-order chi connectivity index (χ1) is 20.0. The normalized spacial score (nSPS) is 38.5. The zero-order valence-corrected chi connectivity index (χ0v) is 28.2. The van der Waals surface area contributed by atoms with E-state index in [1.54, 1.807) is 7.11 Å². The molecule has 0 aromatic carbocycles. The van der Waals surface area contributed by atoms with Crippen molar-refractivity contribution in [3.63, 3.8) is 0 Å². The Balaban J connectivity index is 1.34. The molecule has 4 fully saturated rings. The number of carbonyl (C=O) groups excluding carboxylic acids is 1. The van der Waals surface area contributed by atoms with Gasteiger partial charge in [0.25, 0.3) is 0 Å². The van der Waals surface area contributed by atoms with Gasteiger partial charge in [-0.05, 0) is 113 Å². The largest absolute Gasteiger partial charge is 0.462 e. The van der Waals surface area contributed by atoms with Crippen molar-refractivity contribution in [2.45, 2.75) is 139 Å². The molecule has 0 amide bonds. The monoisotopic (exact) mass is 628 g/mol. The number of methoxy groups -OCH3 is 1. The lowest BCUT2D eigenvalue weighted by atomic mass is 9.57. The molecule has 4 rings (SSSR count). The van der Waals surface area contributed by atoms with Gasteiger partial charge in [0.15, 0.2) is 9.84 Å². The number of hydrogen-bond acceptors (Lipinski definition) is 6. The Morgan fingerprint density at radius 2 is 1.40 bits per heavy atom. The SMILES string of the molecule is C=CC(=O)OCC1CC(C(C)(C)C2CCC(C)C(CCl)C2)CCC1OC1CCC(S(=O)(=O)C2CCC(OC)CC2)CC1. The Kier molecular flexibility index (Phi) is 12.3. The number of carbonyl (C=O) groups is 1. The van der Waals surface area contributed by atoms with Crippen molar-refractivity contribution in [3.8, 4) is 0 Å². The summed E-state index contributed by atoms with van der Waals surface area (Å²) in [6, 6.07) is 0. The molecular weight excluding hydrogens is 572 g/mol. The summed E-state index contributed by atoms with van der Waals surface area (Å²) in [5.41, 5.74) is 0.185. The minimum atomic E-state index is -3.14. The summed E-state index contributed by atoms with van der Waals surface area (Å²) in [4.78, 5) is 12.0. The maximum Gasteiger partial charge on any atom is 0.330 e. The highest BCUT2D eigenvalue weighted by Crippen LogP contribution is 2.52. The third-order valence-corrected chi connectivity index (χ3v) is 15.3. The Morgan fingerprint density at radius 1 is 0.857 bits per heavy atom. The van der Waals surface area contributed by atoms with Gasteiger partial charge in [0, 0.05) is 25.0 Å². The molecule has 0 bridgehead atoms. The highest BCUT2D eigenvalue weighted by Gasteiger charge is 2.46. The molecule has 0 N–H and O–H groups in total. The summed E-state index contributed by atoms with van der Waals surface area (Å²) in [5.74, 6) is 2.97. The lowest BCUT2D eigenvalue weighted by Crippen LogP contribution is -2.45. The molecular formula is C34H57ClO6S. The van der Waals surface area contributed by atoms with E-state index < -0.39 is 9.84 Å². The van der Waals surface area contributed by atoms with E-state index in [1.807, 2.05) is 0 Å². The molecule has 6 unspecified atom stereocenters. The van der Waals surface area contributed by atoms with Crippen molar-refractivity contribution in [2.24, 2.45) is 35.0 Å². The fraction of sp³-hybridized carbons (Fsp3) is 0.912. The van der Waals surface area contributed by atoms with Crippen LogP contribution >= 0.6 is 11.6 Å². The number of sulfone groups is 1. The van der Waals surface area contributed by atoms with E-state index in [-0.39, 0.29) is 46.1 Å². The summed E-state index contributed by atoms with van der Waals surface area (Å²) < 4.78 is 44.7. The van der Waals surface area contributed by atoms with Crippen LogP contribution < -0.4 is 0 Å². The predicted molar refractivity (Wildman–Crippen MR) is 169 cm³/mol. The van der Waals surface area contributed by atoms with Crippen LogP contribution in [0.5, 0.6) is 0 Å². The van der Waals surface area contributed by atoms with Gasteiger partial charge in [-0.2, -0.15) is 0 Å². The number of alkyl halides is 1. The van der Waals surface area contributed by atoms with E-state index in [1.165, 1.54) is 25.3 Å². The van der Waals surface area contributed by atoms with E-state index in [0.29, 0.717) is 56.0 Å². The van der Waals surface area contributed by atoms with E-state index in [4.69, 9.17) is 25.8 Å². The second kappa shape index (κ2) is 15.1. The van der Waals surface area contributed by atoms with E-state index >= 15 is 0 Å². The maximum absolute atomic E-state index is 13.4. The van der Waals surface area contributed by atoms with Gasteiger partial charge in [0.05, 0.1) is 35.4 Å². The van der Waals surface area contributed by atoms with Crippen LogP contribution in [0.1, 0.15) is 111 Å². The fourth-order valence-electron chi connectivity index (χ4n) is 8.77. The average Bonchev–Trinajstić information content (AvgIpc) is 3.00. The minimum Gasteiger partial charge on any atom is -0.462 e. The highest BCUT2D eigenvalue weighted by atomic mass is 35.5. The van der Waals surface area contributed by atoms with Crippen LogP contribution in [0.3, 0.4) is 0 Å². The molecule has 6 nitrogen and oxygen atoms in total. The van der Waals surface area contributed by atoms with Crippen molar-refractivity contribution < 1.29 is 27.4 Å². The van der Waals surface area contributed by atoms with Crippen molar-refractivity contribution in [3.05, 3.63) is 12.7 Å². The van der Waals surface area contributed by atoms with Gasteiger partial charge in [-0.15, -0.1) is 11.6 Å². The minimum absolute atomic E-state index is 0.0270. The van der Waals surface area contributed by atoms with Crippen molar-refractivity contribution in [1.82, 2.24) is 0 Å². The van der Waals surface area contributed by atoms with E-state index in [0.717, 1.165) is 50.8 Å². The van der Waals surface area contributed by atoms with Crippen LogP contribution in [0, 0.1) is 35.0 Å². The number of rotatable bonds is 11. The molecule has 8 heteroatoms. The average molecular weight is 629 g/mol. The first kappa shape index (κ1) is 34.2. The number of ether oxygens (including phenoxy) is 3. The summed E-state index contributed by atoms with van der Waals surface area (Å²) in [6.45, 7) is 11.2. The number of hydrogen-bond donors (Lipinski definition) is 0. The van der Waals surface area contributed by atoms with Crippen LogP contribution in [0.15, 0.2) is 12.7 Å². The van der Waals surface area contributed by atoms with Gasteiger partial charge in [-0.3, -0.25) is 0 Å². The number of halogens is 1. The lowest BCUT2D eigenvalue weighted by Gasteiger charge is -2.50. The van der Waals surface area contributed by atoms with Crippen LogP contribution in [-0.4, -0.2) is 62.8 Å². The molecule has 242 valence electrons. The first-order valence-electron chi connectivity index (χ1n) is 16.8. The number of esters is 1. The van der Waals surface area contributed by atoms with Crippen molar-refractivity contribution >= 4 is 27.4 Å². The van der Waals surface area contributed by atoms with Crippen LogP contribution in [0.25, 0.3) is 0 Å². The standard InChI is InChI=1S/C34H57ClO6S/c1-6-33(36)40-22-25-20-27(34(3,4)26-8-7-23(2)24(19-26)21-35)9-18-32(25)41-29-12-16-31(17-13-29)42(37,38)30-14-10-28(39-5)11-15-30/h6,23-32H,1,7-22H2,2-5H3. The molecule has 0 aromatic rings. The van der Waals surface area contributed by atoms with Gasteiger partial charge in [-0.25, -0.2) is 13.2 Å². The topological polar surface area (TPSA) is 78.9 Å². The molecule has 0 heterocycles. The Bertz CT molecular complexity index is 982. The van der Waals surface area contributed by atoms with Gasteiger partial charge in [-0.1, -0.05) is 33.8 Å². The van der Waals surface area contributed by atoms with Crippen molar-refractivity contribution in [1.29, 1.82) is 0 Å². The second-order valence-electron chi connectivity index (χ2n) is 14.6. The Labute approximate surface area is 261 Å². The third kappa shape index (κ3) is 8.14. The Morgan fingerprint density at radius 3 is 1.95 bits per heavy atom. The van der Waals surface area contributed by atoms with Gasteiger partial charge in [0.1, 0.15) is 0 Å². The summed E-state index contributed by atoms with van der Waals surface area (Å²) >= 11 is 6.37. The van der Waals surface area contributed by atoms with Gasteiger partial charge in [0.2, 0.25) is 0 Å². The molecule has 4 saturated carbocycles.